The van der Waals surface area contributed by atoms with E-state index in [2.05, 4.69) is 10.3 Å². The van der Waals surface area contributed by atoms with Crippen LogP contribution < -0.4 is 11.1 Å². The number of amides is 2. The van der Waals surface area contributed by atoms with Crippen molar-refractivity contribution in [2.75, 3.05) is 30.7 Å². The Kier molecular flexibility index (Phi) is 6.56. The van der Waals surface area contributed by atoms with Crippen molar-refractivity contribution in [3.05, 3.63) is 46.1 Å². The molecule has 2 aromatic heterocycles. The minimum absolute atomic E-state index is 0.197. The normalized spacial score (nSPS) is 18.2. The molecule has 1 aliphatic heterocycles. The van der Waals surface area contributed by atoms with E-state index in [0.29, 0.717) is 17.3 Å². The predicted molar refractivity (Wildman–Crippen MR) is 123 cm³/mol. The van der Waals surface area contributed by atoms with Crippen molar-refractivity contribution in [1.82, 2.24) is 9.88 Å². The first-order valence-electron chi connectivity index (χ1n) is 10.7. The molecule has 0 radical (unpaired) electrons. The molecule has 4 rings (SSSR count). The topological polar surface area (TPSA) is 97.5 Å². The maximum absolute atomic E-state index is 12.4. The Morgan fingerprint density at radius 1 is 1.39 bits per heavy atom. The Labute approximate surface area is 186 Å². The van der Waals surface area contributed by atoms with E-state index in [1.165, 1.54) is 22.3 Å². The Morgan fingerprint density at radius 2 is 2.19 bits per heavy atom. The average molecular weight is 441 g/mol. The van der Waals surface area contributed by atoms with Crippen molar-refractivity contribution < 1.29 is 14.3 Å². The number of aryl methyl sites for hydroxylation is 1. The second-order valence-corrected chi connectivity index (χ2v) is 9.29. The van der Waals surface area contributed by atoms with Crippen LogP contribution in [0.25, 0.3) is 6.08 Å². The molecule has 3 N–H and O–H groups in total. The standard InChI is InChI=1S/C23H28N4O3S/c1-15-8-9-25-13-17(15)5-7-20(28)26-22-21(24)18-6-4-16(12-19(18)31-22)14-30-23(29)27-10-2-3-11-27/h5,7-9,13,16H,2-4,6,10-12,14,24H2,1H3,(H,26,28)/b7-5+. The summed E-state index contributed by atoms with van der Waals surface area (Å²) in [6, 6.07) is 1.90. The smallest absolute Gasteiger partial charge is 0.409 e. The van der Waals surface area contributed by atoms with Crippen LogP contribution in [-0.4, -0.2) is 41.6 Å². The van der Waals surface area contributed by atoms with Crippen LogP contribution in [0.2, 0.25) is 0 Å². The van der Waals surface area contributed by atoms with Gasteiger partial charge in [0.05, 0.1) is 12.3 Å². The zero-order valence-corrected chi connectivity index (χ0v) is 18.5. The van der Waals surface area contributed by atoms with E-state index in [1.54, 1.807) is 23.4 Å². The van der Waals surface area contributed by atoms with E-state index in [4.69, 9.17) is 10.5 Å². The quantitative estimate of drug-likeness (QED) is 0.685. The van der Waals surface area contributed by atoms with Gasteiger partial charge in [-0.25, -0.2) is 4.79 Å². The molecule has 8 heteroatoms. The average Bonchev–Trinajstić information content (AvgIpc) is 3.40. The number of nitrogens with one attached hydrogen (secondary N) is 1. The van der Waals surface area contributed by atoms with Crippen LogP contribution in [0, 0.1) is 12.8 Å². The number of pyridine rings is 1. The lowest BCUT2D eigenvalue weighted by molar-refractivity contribution is -0.111. The summed E-state index contributed by atoms with van der Waals surface area (Å²) < 4.78 is 5.54. The van der Waals surface area contributed by atoms with Gasteiger partial charge < -0.3 is 20.7 Å². The molecule has 1 aliphatic carbocycles. The molecule has 31 heavy (non-hydrogen) atoms. The molecule has 1 atom stereocenters. The highest BCUT2D eigenvalue weighted by molar-refractivity contribution is 7.17. The van der Waals surface area contributed by atoms with Crippen molar-refractivity contribution >= 4 is 40.1 Å². The highest BCUT2D eigenvalue weighted by Gasteiger charge is 2.27. The van der Waals surface area contributed by atoms with Crippen LogP contribution in [0.5, 0.6) is 0 Å². The molecule has 2 aromatic rings. The maximum Gasteiger partial charge on any atom is 0.409 e. The molecule has 0 saturated carbocycles. The molecule has 3 heterocycles. The van der Waals surface area contributed by atoms with Crippen LogP contribution in [0.1, 0.15) is 40.8 Å². The highest BCUT2D eigenvalue weighted by Crippen LogP contribution is 2.41. The summed E-state index contributed by atoms with van der Waals surface area (Å²) in [5.74, 6) is 0.0683. The number of thiophene rings is 1. The van der Waals surface area contributed by atoms with Gasteiger partial charge in [0, 0.05) is 36.4 Å². The second-order valence-electron chi connectivity index (χ2n) is 8.18. The Morgan fingerprint density at radius 3 is 2.97 bits per heavy atom. The summed E-state index contributed by atoms with van der Waals surface area (Å²) in [5, 5.41) is 3.61. The van der Waals surface area contributed by atoms with Crippen molar-refractivity contribution in [2.45, 2.75) is 39.0 Å². The fourth-order valence-electron chi connectivity index (χ4n) is 4.06. The Hall–Kier alpha value is -2.87. The van der Waals surface area contributed by atoms with Crippen LogP contribution >= 0.6 is 11.3 Å². The SMILES string of the molecule is Cc1ccncc1/C=C/C(=O)Nc1sc2c(c1N)CCC(COC(=O)N1CCCC1)C2. The number of hydrogen-bond acceptors (Lipinski definition) is 6. The van der Waals surface area contributed by atoms with Crippen molar-refractivity contribution in [3.8, 4) is 0 Å². The summed E-state index contributed by atoms with van der Waals surface area (Å²) >= 11 is 1.52. The molecule has 2 aliphatic rings. The van der Waals surface area contributed by atoms with Gasteiger partial charge in [-0.3, -0.25) is 9.78 Å². The van der Waals surface area contributed by atoms with E-state index in [9.17, 15) is 9.59 Å². The maximum atomic E-state index is 12.4. The lowest BCUT2D eigenvalue weighted by atomic mass is 9.89. The first-order valence-corrected chi connectivity index (χ1v) is 11.5. The van der Waals surface area contributed by atoms with Gasteiger partial charge in [0.25, 0.3) is 0 Å². The third kappa shape index (κ3) is 5.07. The fourth-order valence-corrected chi connectivity index (χ4v) is 5.35. The predicted octanol–water partition coefficient (Wildman–Crippen LogP) is 4.02. The van der Waals surface area contributed by atoms with Gasteiger partial charge in [0.1, 0.15) is 5.00 Å². The fraction of sp³-hybridized carbons (Fsp3) is 0.435. The highest BCUT2D eigenvalue weighted by atomic mass is 32.1. The van der Waals surface area contributed by atoms with E-state index >= 15 is 0 Å². The third-order valence-corrected chi connectivity index (χ3v) is 7.13. The van der Waals surface area contributed by atoms with Crippen LogP contribution in [-0.2, 0) is 22.4 Å². The number of carbonyl (C=O) groups is 2. The number of carbonyl (C=O) groups excluding carboxylic acids is 2. The Bertz CT molecular complexity index is 995. The number of nitrogen functional groups attached to an aromatic ring is 1. The summed E-state index contributed by atoms with van der Waals surface area (Å²) in [6.45, 7) is 4.00. The number of aromatic nitrogens is 1. The number of rotatable bonds is 5. The van der Waals surface area contributed by atoms with Crippen LogP contribution in [0.3, 0.4) is 0 Å². The van der Waals surface area contributed by atoms with Gasteiger partial charge in [-0.1, -0.05) is 0 Å². The van der Waals surface area contributed by atoms with Gasteiger partial charge in [0.15, 0.2) is 0 Å². The Balaban J connectivity index is 1.34. The number of likely N-dealkylation sites (tertiary alicyclic amines) is 1. The molecule has 2 amide bonds. The van der Waals surface area contributed by atoms with E-state index in [-0.39, 0.29) is 17.9 Å². The number of nitrogens with two attached hydrogens (primary N) is 1. The van der Waals surface area contributed by atoms with Crippen molar-refractivity contribution in [2.24, 2.45) is 5.92 Å². The first kappa shape index (κ1) is 21.4. The van der Waals surface area contributed by atoms with Crippen molar-refractivity contribution in [3.63, 3.8) is 0 Å². The van der Waals surface area contributed by atoms with Gasteiger partial charge in [-0.15, -0.1) is 11.3 Å². The number of fused-ring (bicyclic) bond motifs is 1. The summed E-state index contributed by atoms with van der Waals surface area (Å²) in [6.07, 6.45) is 11.2. The minimum Gasteiger partial charge on any atom is -0.449 e. The molecule has 1 unspecified atom stereocenters. The van der Waals surface area contributed by atoms with E-state index in [1.807, 2.05) is 13.0 Å². The monoisotopic (exact) mass is 440 g/mol. The summed E-state index contributed by atoms with van der Waals surface area (Å²) in [4.78, 5) is 31.6. The first-order chi connectivity index (χ1) is 15.0. The number of anilines is 2. The number of ether oxygens (including phenoxy) is 1. The van der Waals surface area contributed by atoms with Gasteiger partial charge in [-0.2, -0.15) is 0 Å². The molecule has 0 bridgehead atoms. The number of hydrogen-bond donors (Lipinski definition) is 2. The van der Waals surface area contributed by atoms with Crippen molar-refractivity contribution in [1.29, 1.82) is 0 Å². The molecular formula is C23H28N4O3S. The van der Waals surface area contributed by atoms with Gasteiger partial charge >= 0.3 is 6.09 Å². The molecular weight excluding hydrogens is 412 g/mol. The zero-order valence-electron chi connectivity index (χ0n) is 17.7. The second kappa shape index (κ2) is 9.51. The lowest BCUT2D eigenvalue weighted by Crippen LogP contribution is -2.30. The minimum atomic E-state index is -0.218. The molecule has 1 saturated heterocycles. The van der Waals surface area contributed by atoms with Gasteiger partial charge in [-0.05, 0) is 73.8 Å². The molecule has 0 spiro atoms. The molecule has 164 valence electrons. The molecule has 0 aromatic carbocycles. The molecule has 7 nitrogen and oxygen atoms in total. The van der Waals surface area contributed by atoms with Gasteiger partial charge in [0.2, 0.25) is 5.91 Å². The van der Waals surface area contributed by atoms with Crippen LogP contribution in [0.4, 0.5) is 15.5 Å². The summed E-state index contributed by atoms with van der Waals surface area (Å²) in [7, 11) is 0. The molecule has 1 fully saturated rings. The summed E-state index contributed by atoms with van der Waals surface area (Å²) in [5.41, 5.74) is 10.1. The number of nitrogens with zero attached hydrogens (tertiary/aromatic N) is 2. The van der Waals surface area contributed by atoms with E-state index in [0.717, 1.165) is 61.9 Å². The van der Waals surface area contributed by atoms with E-state index < -0.39 is 0 Å². The lowest BCUT2D eigenvalue weighted by Gasteiger charge is -2.23. The third-order valence-electron chi connectivity index (χ3n) is 5.95. The largest absolute Gasteiger partial charge is 0.449 e. The zero-order chi connectivity index (χ0) is 21.8. The van der Waals surface area contributed by atoms with Crippen LogP contribution in [0.15, 0.2) is 24.5 Å².